The number of hydrogen-bond acceptors (Lipinski definition) is 4. The van der Waals surface area contributed by atoms with Gasteiger partial charge in [0.1, 0.15) is 12.2 Å². The van der Waals surface area contributed by atoms with Gasteiger partial charge < -0.3 is 14.7 Å². The Morgan fingerprint density at radius 3 is 2.55 bits per heavy atom. The topological polar surface area (TPSA) is 79.7 Å². The maximum atomic E-state index is 12.2. The number of ether oxygens (including phenoxy) is 1. The van der Waals surface area contributed by atoms with Crippen LogP contribution in [0.1, 0.15) is 10.5 Å². The van der Waals surface area contributed by atoms with Crippen LogP contribution >= 0.6 is 34.8 Å². The van der Waals surface area contributed by atoms with Gasteiger partial charge in [-0.05, 0) is 0 Å². The first-order valence-electron chi connectivity index (χ1n) is 5.38. The fourth-order valence-electron chi connectivity index (χ4n) is 1.36. The number of halogens is 3. The number of rotatable bonds is 6. The van der Waals surface area contributed by atoms with Crippen molar-refractivity contribution < 1.29 is 19.4 Å². The molecule has 1 rings (SSSR count). The lowest BCUT2D eigenvalue weighted by atomic mass is 10.3. The van der Waals surface area contributed by atoms with E-state index in [0.717, 1.165) is 4.90 Å². The number of carboxylic acid groups (broad SMARTS) is 1. The highest BCUT2D eigenvalue weighted by molar-refractivity contribution is 6.48. The van der Waals surface area contributed by atoms with Gasteiger partial charge in [-0.2, -0.15) is 0 Å². The minimum absolute atomic E-state index is 0.00583. The van der Waals surface area contributed by atoms with Gasteiger partial charge in [0.05, 0.1) is 21.7 Å². The summed E-state index contributed by atoms with van der Waals surface area (Å²) in [6.07, 6.45) is 1.18. The zero-order valence-corrected chi connectivity index (χ0v) is 12.7. The lowest BCUT2D eigenvalue weighted by Crippen LogP contribution is -2.38. The van der Waals surface area contributed by atoms with Crippen molar-refractivity contribution in [3.8, 4) is 0 Å². The number of methoxy groups -OCH3 is 1. The quantitative estimate of drug-likeness (QED) is 0.858. The number of aliphatic carboxylic acids is 1. The molecule has 1 amide bonds. The first kappa shape index (κ1) is 17.0. The van der Waals surface area contributed by atoms with Crippen molar-refractivity contribution in [2.24, 2.45) is 0 Å². The van der Waals surface area contributed by atoms with Crippen LogP contribution in [0.2, 0.25) is 15.1 Å². The maximum absolute atomic E-state index is 12.2. The molecule has 0 spiro atoms. The summed E-state index contributed by atoms with van der Waals surface area (Å²) in [5.41, 5.74) is -0.154. The van der Waals surface area contributed by atoms with E-state index in [0.29, 0.717) is 0 Å². The van der Waals surface area contributed by atoms with Crippen molar-refractivity contribution in [3.05, 3.63) is 27.0 Å². The van der Waals surface area contributed by atoms with Crippen molar-refractivity contribution >= 4 is 46.7 Å². The van der Waals surface area contributed by atoms with Crippen LogP contribution in [0.5, 0.6) is 0 Å². The molecule has 0 saturated heterocycles. The fourth-order valence-corrected chi connectivity index (χ4v) is 1.92. The highest BCUT2D eigenvalue weighted by Crippen LogP contribution is 2.31. The minimum atomic E-state index is -1.16. The monoisotopic (exact) mass is 340 g/mol. The second-order valence-electron chi connectivity index (χ2n) is 3.70. The Balaban J connectivity index is 3.05. The molecule has 20 heavy (non-hydrogen) atoms. The predicted molar refractivity (Wildman–Crippen MR) is 74.7 cm³/mol. The second kappa shape index (κ2) is 7.64. The van der Waals surface area contributed by atoms with E-state index in [9.17, 15) is 9.59 Å². The summed E-state index contributed by atoms with van der Waals surface area (Å²) < 4.78 is 4.83. The zero-order valence-electron chi connectivity index (χ0n) is 10.4. The summed E-state index contributed by atoms with van der Waals surface area (Å²) >= 11 is 17.4. The van der Waals surface area contributed by atoms with Crippen LogP contribution in [0.3, 0.4) is 0 Å². The Morgan fingerprint density at radius 2 is 2.00 bits per heavy atom. The molecule has 1 aromatic heterocycles. The molecule has 0 saturated carbocycles. The van der Waals surface area contributed by atoms with E-state index in [1.807, 2.05) is 0 Å². The summed E-state index contributed by atoms with van der Waals surface area (Å²) in [6, 6.07) is 0. The van der Waals surface area contributed by atoms with Gasteiger partial charge in [-0.3, -0.25) is 9.59 Å². The van der Waals surface area contributed by atoms with Crippen LogP contribution < -0.4 is 0 Å². The highest BCUT2D eigenvalue weighted by atomic mass is 35.5. The summed E-state index contributed by atoms with van der Waals surface area (Å²) in [6.45, 7) is -0.238. The Kier molecular flexibility index (Phi) is 6.48. The summed E-state index contributed by atoms with van der Waals surface area (Å²) in [7, 11) is 1.44. The highest BCUT2D eigenvalue weighted by Gasteiger charge is 2.24. The van der Waals surface area contributed by atoms with Gasteiger partial charge in [0, 0.05) is 19.9 Å². The smallest absolute Gasteiger partial charge is 0.323 e. The molecular weight excluding hydrogens is 330 g/mol. The second-order valence-corrected chi connectivity index (χ2v) is 4.86. The van der Waals surface area contributed by atoms with Gasteiger partial charge in [-0.15, -0.1) is 0 Å². The van der Waals surface area contributed by atoms with Crippen LogP contribution in [0.25, 0.3) is 0 Å². The fraction of sp³-hybridized carbons (Fsp3) is 0.364. The van der Waals surface area contributed by atoms with Gasteiger partial charge >= 0.3 is 5.97 Å². The van der Waals surface area contributed by atoms with Gasteiger partial charge in [0.25, 0.3) is 5.91 Å². The molecule has 0 fully saturated rings. The summed E-state index contributed by atoms with van der Waals surface area (Å²) in [4.78, 5) is 27.9. The molecule has 0 unspecified atom stereocenters. The molecular formula is C11H11Cl3N2O4. The first-order valence-corrected chi connectivity index (χ1v) is 6.51. The van der Waals surface area contributed by atoms with Crippen LogP contribution in [0.4, 0.5) is 0 Å². The third kappa shape index (κ3) is 4.21. The Bertz CT molecular complexity index is 525. The molecule has 110 valence electrons. The molecule has 6 nitrogen and oxygen atoms in total. The van der Waals surface area contributed by atoms with E-state index in [1.165, 1.54) is 13.3 Å². The number of aromatic nitrogens is 1. The SMILES string of the molecule is COCCN(CC(=O)O)C(=O)c1ncc(Cl)c(Cl)c1Cl. The third-order valence-electron chi connectivity index (χ3n) is 2.30. The van der Waals surface area contributed by atoms with Crippen LogP contribution in [-0.4, -0.2) is 53.7 Å². The lowest BCUT2D eigenvalue weighted by molar-refractivity contribution is -0.137. The number of hydrogen-bond donors (Lipinski definition) is 1. The number of carbonyl (C=O) groups is 2. The largest absolute Gasteiger partial charge is 0.480 e. The summed E-state index contributed by atoms with van der Waals surface area (Å²) in [5, 5.41) is 8.80. The van der Waals surface area contributed by atoms with Crippen molar-refractivity contribution in [2.45, 2.75) is 0 Å². The normalized spacial score (nSPS) is 10.4. The van der Waals surface area contributed by atoms with Gasteiger partial charge in [-0.1, -0.05) is 34.8 Å². The molecule has 0 aliphatic heterocycles. The van der Waals surface area contributed by atoms with E-state index >= 15 is 0 Å². The van der Waals surface area contributed by atoms with Crippen molar-refractivity contribution in [1.82, 2.24) is 9.88 Å². The standard InChI is InChI=1S/C11H11Cl3N2O4/c1-20-3-2-16(5-7(17)18)11(19)10-9(14)8(13)6(12)4-15-10/h4H,2-3,5H2,1H3,(H,17,18). The number of amides is 1. The van der Waals surface area contributed by atoms with E-state index in [2.05, 4.69) is 4.98 Å². The van der Waals surface area contributed by atoms with Gasteiger partial charge in [-0.25, -0.2) is 4.98 Å². The van der Waals surface area contributed by atoms with Crippen LogP contribution in [0.15, 0.2) is 6.20 Å². The minimum Gasteiger partial charge on any atom is -0.480 e. The lowest BCUT2D eigenvalue weighted by Gasteiger charge is -2.20. The average molecular weight is 342 g/mol. The Morgan fingerprint density at radius 1 is 1.35 bits per heavy atom. The molecule has 0 bridgehead atoms. The van der Waals surface area contributed by atoms with Gasteiger partial charge in [0.2, 0.25) is 0 Å². The van der Waals surface area contributed by atoms with E-state index in [4.69, 9.17) is 44.6 Å². The first-order chi connectivity index (χ1) is 9.38. The molecule has 0 atom stereocenters. The number of pyridine rings is 1. The number of nitrogens with zero attached hydrogens (tertiary/aromatic N) is 2. The number of carbonyl (C=O) groups excluding carboxylic acids is 1. The third-order valence-corrected chi connectivity index (χ3v) is 3.54. The molecule has 0 aromatic carbocycles. The molecule has 9 heteroatoms. The van der Waals surface area contributed by atoms with Crippen molar-refractivity contribution in [3.63, 3.8) is 0 Å². The molecule has 1 aromatic rings. The molecule has 0 aliphatic carbocycles. The van der Waals surface area contributed by atoms with Crippen molar-refractivity contribution in [2.75, 3.05) is 26.8 Å². The average Bonchev–Trinajstić information content (AvgIpc) is 2.40. The van der Waals surface area contributed by atoms with Crippen LogP contribution in [-0.2, 0) is 9.53 Å². The van der Waals surface area contributed by atoms with Crippen molar-refractivity contribution in [1.29, 1.82) is 0 Å². The molecule has 1 heterocycles. The molecule has 0 radical (unpaired) electrons. The van der Waals surface area contributed by atoms with E-state index in [-0.39, 0.29) is 33.9 Å². The maximum Gasteiger partial charge on any atom is 0.323 e. The van der Waals surface area contributed by atoms with E-state index in [1.54, 1.807) is 0 Å². The molecule has 1 N–H and O–H groups in total. The number of carboxylic acids is 1. The van der Waals surface area contributed by atoms with Gasteiger partial charge in [0.15, 0.2) is 0 Å². The zero-order chi connectivity index (χ0) is 15.3. The Labute approximate surface area is 130 Å². The predicted octanol–water partition coefficient (Wildman–Crippen LogP) is 2.21. The van der Waals surface area contributed by atoms with Crippen LogP contribution in [0, 0.1) is 0 Å². The summed E-state index contributed by atoms with van der Waals surface area (Å²) in [5.74, 6) is -1.82. The Hall–Kier alpha value is -1.08. The van der Waals surface area contributed by atoms with E-state index < -0.39 is 18.4 Å². The molecule has 0 aliphatic rings.